The van der Waals surface area contributed by atoms with Crippen LogP contribution in [0.1, 0.15) is 30.9 Å². The minimum atomic E-state index is 0.315. The average molecular weight is 232 g/mol. The number of hydrogen-bond acceptors (Lipinski definition) is 3. The van der Waals surface area contributed by atoms with Gasteiger partial charge in [-0.1, -0.05) is 31.0 Å². The molecule has 1 aliphatic rings. The van der Waals surface area contributed by atoms with Crippen molar-refractivity contribution in [1.29, 1.82) is 0 Å². The van der Waals surface area contributed by atoms with Crippen LogP contribution in [0.25, 0.3) is 10.1 Å². The number of benzene rings is 1. The first kappa shape index (κ1) is 10.3. The molecule has 1 heterocycles. The third-order valence-corrected chi connectivity index (χ3v) is 4.33. The van der Waals surface area contributed by atoms with Crippen molar-refractivity contribution in [3.8, 4) is 0 Å². The summed E-state index contributed by atoms with van der Waals surface area (Å²) in [5, 5.41) is 3.48. The second kappa shape index (κ2) is 4.17. The molecule has 2 aromatic rings. The molecule has 3 heteroatoms. The molecule has 0 saturated heterocycles. The molecule has 2 nitrogen and oxygen atoms in total. The third-order valence-electron chi connectivity index (χ3n) is 3.35. The zero-order valence-corrected chi connectivity index (χ0v) is 9.96. The molecule has 3 N–H and O–H groups in total. The van der Waals surface area contributed by atoms with Crippen LogP contribution in [0.2, 0.25) is 0 Å². The van der Waals surface area contributed by atoms with E-state index in [1.54, 1.807) is 0 Å². The van der Waals surface area contributed by atoms with Gasteiger partial charge in [0.25, 0.3) is 0 Å². The Bertz CT molecular complexity index is 487. The van der Waals surface area contributed by atoms with Gasteiger partial charge in [-0.3, -0.25) is 11.3 Å². The Morgan fingerprint density at radius 2 is 2.25 bits per heavy atom. The Morgan fingerprint density at radius 1 is 1.38 bits per heavy atom. The van der Waals surface area contributed by atoms with Crippen molar-refractivity contribution in [3.05, 3.63) is 35.2 Å². The van der Waals surface area contributed by atoms with Gasteiger partial charge in [-0.25, -0.2) is 0 Å². The Balaban J connectivity index is 1.97. The number of thiophene rings is 1. The van der Waals surface area contributed by atoms with Gasteiger partial charge in [-0.15, -0.1) is 11.3 Å². The summed E-state index contributed by atoms with van der Waals surface area (Å²) < 4.78 is 1.38. The topological polar surface area (TPSA) is 38.0 Å². The van der Waals surface area contributed by atoms with E-state index in [2.05, 4.69) is 35.1 Å². The van der Waals surface area contributed by atoms with Crippen LogP contribution in [-0.2, 0) is 0 Å². The normalized spacial score (nSPS) is 17.8. The SMILES string of the molecule is NNC(CC1CC1)c1cccc2ccsc12. The molecule has 0 amide bonds. The fourth-order valence-corrected chi connectivity index (χ4v) is 3.23. The van der Waals surface area contributed by atoms with Crippen LogP contribution in [0, 0.1) is 5.92 Å². The highest BCUT2D eigenvalue weighted by molar-refractivity contribution is 7.17. The first-order valence-electron chi connectivity index (χ1n) is 5.80. The van der Waals surface area contributed by atoms with Gasteiger partial charge in [0.1, 0.15) is 0 Å². The van der Waals surface area contributed by atoms with Crippen LogP contribution >= 0.6 is 11.3 Å². The van der Waals surface area contributed by atoms with E-state index in [4.69, 9.17) is 5.84 Å². The van der Waals surface area contributed by atoms with E-state index in [9.17, 15) is 0 Å². The van der Waals surface area contributed by atoms with E-state index >= 15 is 0 Å². The predicted octanol–water partition coefficient (Wildman–Crippen LogP) is 3.21. The number of fused-ring (bicyclic) bond motifs is 1. The van der Waals surface area contributed by atoms with Gasteiger partial charge in [0.05, 0.1) is 0 Å². The lowest BCUT2D eigenvalue weighted by Crippen LogP contribution is -2.28. The standard InChI is InChI=1S/C13H16N2S/c14-15-12(8-9-4-5-9)11-3-1-2-10-6-7-16-13(10)11/h1-3,6-7,9,12,15H,4-5,8,14H2. The predicted molar refractivity (Wildman–Crippen MR) is 69.2 cm³/mol. The Labute approximate surface area is 99.4 Å². The molecule has 0 spiro atoms. The minimum absolute atomic E-state index is 0.315. The van der Waals surface area contributed by atoms with E-state index in [1.165, 1.54) is 34.9 Å². The van der Waals surface area contributed by atoms with Gasteiger partial charge in [-0.05, 0) is 34.7 Å². The van der Waals surface area contributed by atoms with E-state index in [1.807, 2.05) is 11.3 Å². The minimum Gasteiger partial charge on any atom is -0.271 e. The van der Waals surface area contributed by atoms with Crippen LogP contribution in [0.15, 0.2) is 29.6 Å². The van der Waals surface area contributed by atoms with E-state index in [0.717, 1.165) is 5.92 Å². The van der Waals surface area contributed by atoms with Crippen LogP contribution < -0.4 is 11.3 Å². The van der Waals surface area contributed by atoms with Gasteiger partial charge in [0.2, 0.25) is 0 Å². The van der Waals surface area contributed by atoms with Crippen molar-refractivity contribution in [2.24, 2.45) is 11.8 Å². The highest BCUT2D eigenvalue weighted by atomic mass is 32.1. The summed E-state index contributed by atoms with van der Waals surface area (Å²) >= 11 is 1.81. The molecule has 1 aromatic carbocycles. The van der Waals surface area contributed by atoms with Crippen molar-refractivity contribution in [2.45, 2.75) is 25.3 Å². The molecule has 1 unspecified atom stereocenters. The van der Waals surface area contributed by atoms with Gasteiger partial charge in [0.15, 0.2) is 0 Å². The summed E-state index contributed by atoms with van der Waals surface area (Å²) in [5.41, 5.74) is 4.34. The number of hydrogen-bond donors (Lipinski definition) is 2. The number of rotatable bonds is 4. The lowest BCUT2D eigenvalue weighted by molar-refractivity contribution is 0.490. The second-order valence-electron chi connectivity index (χ2n) is 4.58. The largest absolute Gasteiger partial charge is 0.271 e. The monoisotopic (exact) mass is 232 g/mol. The Kier molecular flexibility index (Phi) is 2.67. The van der Waals surface area contributed by atoms with Crippen LogP contribution in [-0.4, -0.2) is 0 Å². The van der Waals surface area contributed by atoms with Crippen molar-refractivity contribution >= 4 is 21.4 Å². The molecule has 0 bridgehead atoms. The summed E-state index contributed by atoms with van der Waals surface area (Å²) in [6.07, 6.45) is 3.92. The van der Waals surface area contributed by atoms with E-state index < -0.39 is 0 Å². The summed E-state index contributed by atoms with van der Waals surface area (Å²) in [4.78, 5) is 0. The summed E-state index contributed by atoms with van der Waals surface area (Å²) in [6.45, 7) is 0. The highest BCUT2D eigenvalue weighted by Gasteiger charge is 2.26. The van der Waals surface area contributed by atoms with Gasteiger partial charge in [-0.2, -0.15) is 0 Å². The number of nitrogens with two attached hydrogens (primary N) is 1. The quantitative estimate of drug-likeness (QED) is 0.627. The van der Waals surface area contributed by atoms with Gasteiger partial charge >= 0.3 is 0 Å². The second-order valence-corrected chi connectivity index (χ2v) is 5.50. The molecule has 0 aliphatic heterocycles. The lowest BCUT2D eigenvalue weighted by Gasteiger charge is -2.16. The Hall–Kier alpha value is -0.900. The summed E-state index contributed by atoms with van der Waals surface area (Å²) in [5.74, 6) is 6.58. The molecule has 3 rings (SSSR count). The maximum absolute atomic E-state index is 5.70. The summed E-state index contributed by atoms with van der Waals surface area (Å²) in [7, 11) is 0. The van der Waals surface area contributed by atoms with Crippen LogP contribution in [0.5, 0.6) is 0 Å². The van der Waals surface area contributed by atoms with Crippen molar-refractivity contribution in [1.82, 2.24) is 5.43 Å². The Morgan fingerprint density at radius 3 is 3.00 bits per heavy atom. The van der Waals surface area contributed by atoms with E-state index in [0.29, 0.717) is 6.04 Å². The van der Waals surface area contributed by atoms with Gasteiger partial charge < -0.3 is 0 Å². The van der Waals surface area contributed by atoms with Gasteiger partial charge in [0, 0.05) is 10.7 Å². The van der Waals surface area contributed by atoms with Crippen LogP contribution in [0.3, 0.4) is 0 Å². The maximum Gasteiger partial charge on any atom is 0.0476 e. The highest BCUT2D eigenvalue weighted by Crippen LogP contribution is 2.39. The van der Waals surface area contributed by atoms with Crippen molar-refractivity contribution < 1.29 is 0 Å². The van der Waals surface area contributed by atoms with E-state index in [-0.39, 0.29) is 0 Å². The zero-order valence-electron chi connectivity index (χ0n) is 9.15. The fraction of sp³-hybridized carbons (Fsp3) is 0.385. The zero-order chi connectivity index (χ0) is 11.0. The lowest BCUT2D eigenvalue weighted by atomic mass is 10.0. The molecular formula is C13H16N2S. The molecular weight excluding hydrogens is 216 g/mol. The number of nitrogens with one attached hydrogen (secondary N) is 1. The first-order chi connectivity index (χ1) is 7.88. The molecule has 1 aromatic heterocycles. The smallest absolute Gasteiger partial charge is 0.0476 e. The van der Waals surface area contributed by atoms with Crippen molar-refractivity contribution in [2.75, 3.05) is 0 Å². The molecule has 84 valence electrons. The first-order valence-corrected chi connectivity index (χ1v) is 6.68. The average Bonchev–Trinajstić information content (AvgIpc) is 3.00. The third kappa shape index (κ3) is 1.86. The molecule has 1 aliphatic carbocycles. The van der Waals surface area contributed by atoms with Crippen LogP contribution in [0.4, 0.5) is 0 Å². The molecule has 0 radical (unpaired) electrons. The molecule has 1 saturated carbocycles. The molecule has 1 fully saturated rings. The van der Waals surface area contributed by atoms with Crippen molar-refractivity contribution in [3.63, 3.8) is 0 Å². The summed E-state index contributed by atoms with van der Waals surface area (Å²) in [6, 6.07) is 8.98. The molecule has 1 atom stereocenters. The maximum atomic E-state index is 5.70. The fourth-order valence-electron chi connectivity index (χ4n) is 2.26. The number of hydrazine groups is 1. The molecule has 16 heavy (non-hydrogen) atoms.